The van der Waals surface area contributed by atoms with E-state index in [1.165, 1.54) is 5.56 Å². The van der Waals surface area contributed by atoms with Gasteiger partial charge in [-0.25, -0.2) is 0 Å². The first-order chi connectivity index (χ1) is 11.3. The highest BCUT2D eigenvalue weighted by Crippen LogP contribution is 2.27. The fourth-order valence-corrected chi connectivity index (χ4v) is 3.75. The third-order valence-electron chi connectivity index (χ3n) is 4.27. The molecule has 3 aromatic rings. The van der Waals surface area contributed by atoms with E-state index in [1.807, 2.05) is 22.9 Å². The molecule has 0 unspecified atom stereocenters. The lowest BCUT2D eigenvalue weighted by atomic mass is 9.95. The molecule has 118 valence electrons. The summed E-state index contributed by atoms with van der Waals surface area (Å²) < 4.78 is 5.39. The first-order valence-corrected chi connectivity index (χ1v) is 8.62. The lowest BCUT2D eigenvalue weighted by Crippen LogP contribution is -2.28. The maximum Gasteiger partial charge on any atom is 0.241 e. The molecule has 0 amide bonds. The van der Waals surface area contributed by atoms with E-state index < -0.39 is 0 Å². The van der Waals surface area contributed by atoms with Crippen molar-refractivity contribution in [3.05, 3.63) is 58.6 Å². The summed E-state index contributed by atoms with van der Waals surface area (Å²) in [6.07, 6.45) is 0. The molecule has 2 atom stereocenters. The van der Waals surface area contributed by atoms with Crippen LogP contribution in [0.1, 0.15) is 17.4 Å². The Balaban J connectivity index is 1.44. The summed E-state index contributed by atoms with van der Waals surface area (Å²) in [6.45, 7) is 2.41. The van der Waals surface area contributed by atoms with Crippen LogP contribution in [0.2, 0.25) is 0 Å². The maximum absolute atomic E-state index is 6.33. The highest BCUT2D eigenvalue weighted by molar-refractivity contribution is 7.08. The Bertz CT molecular complexity index is 756. The zero-order valence-corrected chi connectivity index (χ0v) is 13.4. The van der Waals surface area contributed by atoms with Crippen LogP contribution in [0.4, 0.5) is 0 Å². The Labute approximate surface area is 138 Å². The SMILES string of the molecule is N[C@@H]1CN(Cc2nc(-c3ccsc3)no2)C[C@H]1c1ccccc1. The van der Waals surface area contributed by atoms with Crippen molar-refractivity contribution in [1.82, 2.24) is 15.0 Å². The minimum Gasteiger partial charge on any atom is -0.338 e. The van der Waals surface area contributed by atoms with Gasteiger partial charge in [0.2, 0.25) is 11.7 Å². The molecule has 2 N–H and O–H groups in total. The van der Waals surface area contributed by atoms with Gasteiger partial charge < -0.3 is 10.3 Å². The number of nitrogens with zero attached hydrogens (tertiary/aromatic N) is 3. The third kappa shape index (κ3) is 3.06. The number of hydrogen-bond acceptors (Lipinski definition) is 6. The summed E-state index contributed by atoms with van der Waals surface area (Å²) >= 11 is 1.63. The molecule has 0 saturated carbocycles. The second kappa shape index (κ2) is 6.23. The van der Waals surface area contributed by atoms with Crippen LogP contribution < -0.4 is 5.73 Å². The van der Waals surface area contributed by atoms with Crippen molar-refractivity contribution >= 4 is 11.3 Å². The highest BCUT2D eigenvalue weighted by atomic mass is 32.1. The van der Waals surface area contributed by atoms with Crippen molar-refractivity contribution in [2.24, 2.45) is 5.73 Å². The van der Waals surface area contributed by atoms with E-state index in [1.54, 1.807) is 11.3 Å². The fourth-order valence-electron chi connectivity index (χ4n) is 3.11. The molecule has 1 fully saturated rings. The Kier molecular flexibility index (Phi) is 3.95. The standard InChI is InChI=1S/C17H18N4OS/c18-15-9-21(8-14(15)12-4-2-1-3-5-12)10-16-19-17(20-22-16)13-6-7-23-11-13/h1-7,11,14-15H,8-10,18H2/t14-,15+/m0/s1. The molecule has 4 rings (SSSR count). The van der Waals surface area contributed by atoms with Gasteiger partial charge in [0.1, 0.15) is 0 Å². The number of hydrogen-bond donors (Lipinski definition) is 1. The Morgan fingerprint density at radius 2 is 2.09 bits per heavy atom. The normalized spacial score (nSPS) is 21.8. The molecule has 0 aliphatic carbocycles. The molecule has 0 spiro atoms. The van der Waals surface area contributed by atoms with Crippen molar-refractivity contribution in [1.29, 1.82) is 0 Å². The average molecular weight is 326 g/mol. The molecule has 5 nitrogen and oxygen atoms in total. The van der Waals surface area contributed by atoms with Crippen LogP contribution in [0.15, 0.2) is 51.7 Å². The van der Waals surface area contributed by atoms with Crippen molar-refractivity contribution in [3.63, 3.8) is 0 Å². The predicted octanol–water partition coefficient (Wildman–Crippen LogP) is 2.72. The summed E-state index contributed by atoms with van der Waals surface area (Å²) in [4.78, 5) is 6.77. The monoisotopic (exact) mass is 326 g/mol. The van der Waals surface area contributed by atoms with Crippen molar-refractivity contribution in [2.45, 2.75) is 18.5 Å². The predicted molar refractivity (Wildman–Crippen MR) is 90.0 cm³/mol. The molecule has 0 bridgehead atoms. The van der Waals surface area contributed by atoms with Crippen LogP contribution >= 0.6 is 11.3 Å². The number of thiophene rings is 1. The van der Waals surface area contributed by atoms with Crippen molar-refractivity contribution < 1.29 is 4.52 Å². The van der Waals surface area contributed by atoms with Crippen LogP contribution in [0.25, 0.3) is 11.4 Å². The van der Waals surface area contributed by atoms with Gasteiger partial charge in [-0.05, 0) is 17.0 Å². The fraction of sp³-hybridized carbons (Fsp3) is 0.294. The number of nitrogens with two attached hydrogens (primary N) is 1. The Morgan fingerprint density at radius 3 is 2.87 bits per heavy atom. The summed E-state index contributed by atoms with van der Waals surface area (Å²) in [7, 11) is 0. The maximum atomic E-state index is 6.33. The van der Waals surface area contributed by atoms with E-state index in [-0.39, 0.29) is 6.04 Å². The van der Waals surface area contributed by atoms with Gasteiger partial charge in [0, 0.05) is 36.0 Å². The van der Waals surface area contributed by atoms with Gasteiger partial charge in [-0.15, -0.1) is 0 Å². The van der Waals surface area contributed by atoms with Crippen LogP contribution in [0.3, 0.4) is 0 Å². The van der Waals surface area contributed by atoms with E-state index in [0.29, 0.717) is 24.2 Å². The van der Waals surface area contributed by atoms with Crippen molar-refractivity contribution in [3.8, 4) is 11.4 Å². The highest BCUT2D eigenvalue weighted by Gasteiger charge is 2.32. The summed E-state index contributed by atoms with van der Waals surface area (Å²) in [5, 5.41) is 8.09. The second-order valence-corrected chi connectivity index (χ2v) is 6.68. The molecule has 1 aliphatic heterocycles. The molecular weight excluding hydrogens is 308 g/mol. The minimum absolute atomic E-state index is 0.136. The van der Waals surface area contributed by atoms with E-state index >= 15 is 0 Å². The van der Waals surface area contributed by atoms with Gasteiger partial charge in [-0.1, -0.05) is 35.5 Å². The van der Waals surface area contributed by atoms with E-state index in [2.05, 4.69) is 39.3 Å². The zero-order valence-electron chi connectivity index (χ0n) is 12.6. The van der Waals surface area contributed by atoms with Gasteiger partial charge in [0.25, 0.3) is 0 Å². The van der Waals surface area contributed by atoms with Crippen LogP contribution in [-0.2, 0) is 6.54 Å². The molecular formula is C17H18N4OS. The lowest BCUT2D eigenvalue weighted by Gasteiger charge is -2.14. The van der Waals surface area contributed by atoms with Gasteiger partial charge >= 0.3 is 0 Å². The van der Waals surface area contributed by atoms with E-state index in [0.717, 1.165) is 18.7 Å². The Hall–Kier alpha value is -2.02. The molecule has 3 heterocycles. The summed E-state index contributed by atoms with van der Waals surface area (Å²) in [5.41, 5.74) is 8.63. The van der Waals surface area contributed by atoms with Crippen molar-refractivity contribution in [2.75, 3.05) is 13.1 Å². The van der Waals surface area contributed by atoms with Gasteiger partial charge in [-0.2, -0.15) is 16.3 Å². The molecule has 2 aromatic heterocycles. The van der Waals surface area contributed by atoms with Gasteiger partial charge in [0.05, 0.1) is 6.54 Å². The molecule has 1 aromatic carbocycles. The first kappa shape index (κ1) is 14.6. The Morgan fingerprint density at radius 1 is 1.22 bits per heavy atom. The number of rotatable bonds is 4. The largest absolute Gasteiger partial charge is 0.338 e. The zero-order chi connectivity index (χ0) is 15.6. The molecule has 0 radical (unpaired) electrons. The van der Waals surface area contributed by atoms with E-state index in [9.17, 15) is 0 Å². The topological polar surface area (TPSA) is 68.2 Å². The minimum atomic E-state index is 0.136. The van der Waals surface area contributed by atoms with Crippen LogP contribution in [-0.4, -0.2) is 34.2 Å². The lowest BCUT2D eigenvalue weighted by molar-refractivity contribution is 0.264. The van der Waals surface area contributed by atoms with Crippen LogP contribution in [0.5, 0.6) is 0 Å². The number of benzene rings is 1. The summed E-state index contributed by atoms with van der Waals surface area (Å²) in [6, 6.07) is 12.6. The molecule has 1 aliphatic rings. The van der Waals surface area contributed by atoms with Gasteiger partial charge in [-0.3, -0.25) is 4.90 Å². The number of likely N-dealkylation sites (tertiary alicyclic amines) is 1. The number of aromatic nitrogens is 2. The second-order valence-electron chi connectivity index (χ2n) is 5.90. The quantitative estimate of drug-likeness (QED) is 0.798. The van der Waals surface area contributed by atoms with Gasteiger partial charge in [0.15, 0.2) is 0 Å². The van der Waals surface area contributed by atoms with E-state index in [4.69, 9.17) is 10.3 Å². The third-order valence-corrected chi connectivity index (χ3v) is 4.96. The first-order valence-electron chi connectivity index (χ1n) is 7.67. The molecule has 6 heteroatoms. The summed E-state index contributed by atoms with van der Waals surface area (Å²) in [5.74, 6) is 1.66. The smallest absolute Gasteiger partial charge is 0.241 e. The molecule has 1 saturated heterocycles. The average Bonchev–Trinajstić information content (AvgIpc) is 3.29. The van der Waals surface area contributed by atoms with Crippen LogP contribution in [0, 0.1) is 0 Å². The molecule has 23 heavy (non-hydrogen) atoms.